The van der Waals surface area contributed by atoms with Crippen LogP contribution in [-0.4, -0.2) is 297 Å². The van der Waals surface area contributed by atoms with Gasteiger partial charge < -0.3 is 126 Å². The summed E-state index contributed by atoms with van der Waals surface area (Å²) < 4.78 is 23.3. The van der Waals surface area contributed by atoms with Crippen molar-refractivity contribution < 1.29 is 116 Å². The van der Waals surface area contributed by atoms with Crippen LogP contribution in [0.25, 0.3) is 11.1 Å². The monoisotopic (exact) mass is 1940 g/mol. The molecule has 752 valence electrons. The van der Waals surface area contributed by atoms with Crippen molar-refractivity contribution in [1.29, 1.82) is 0 Å². The number of carbonyl (C=O) groups excluding carboxylic acids is 16. The Labute approximate surface area is 796 Å². The van der Waals surface area contributed by atoms with Crippen molar-refractivity contribution in [1.82, 2.24) is 125 Å². The molecule has 0 spiro atoms. The van der Waals surface area contributed by atoms with E-state index in [9.17, 15) is 102 Å². The van der Waals surface area contributed by atoms with Crippen LogP contribution in [0.1, 0.15) is 124 Å². The third-order valence-electron chi connectivity index (χ3n) is 21.7. The van der Waals surface area contributed by atoms with E-state index < -0.39 is 243 Å². The number of benzene rings is 4. The summed E-state index contributed by atoms with van der Waals surface area (Å²) in [5.41, 5.74) is 13.7. The molecule has 4 aromatic carbocycles. The van der Waals surface area contributed by atoms with Gasteiger partial charge in [-0.15, -0.1) is 10.2 Å². The third-order valence-corrected chi connectivity index (χ3v) is 21.7. The van der Waals surface area contributed by atoms with E-state index in [0.29, 0.717) is 74.4 Å². The van der Waals surface area contributed by atoms with Gasteiger partial charge in [-0.2, -0.15) is 0 Å². The Morgan fingerprint density at radius 1 is 0.568 bits per heavy atom. The van der Waals surface area contributed by atoms with Crippen molar-refractivity contribution in [2.75, 3.05) is 59.1 Å². The van der Waals surface area contributed by atoms with Gasteiger partial charge in [0, 0.05) is 50.7 Å². The van der Waals surface area contributed by atoms with Crippen molar-refractivity contribution in [2.24, 2.45) is 16.9 Å². The highest BCUT2D eigenvalue weighted by molar-refractivity contribution is 6.06. The van der Waals surface area contributed by atoms with Crippen LogP contribution in [0.5, 0.6) is 5.75 Å². The number of nitrogens with zero attached hydrogens (tertiary/aromatic N) is 7. The van der Waals surface area contributed by atoms with E-state index >= 15 is 4.39 Å². The lowest BCUT2D eigenvalue weighted by Crippen LogP contribution is -2.67. The van der Waals surface area contributed by atoms with E-state index in [-0.39, 0.29) is 37.3 Å². The molecule has 0 aliphatic heterocycles. The Kier molecular flexibility index (Phi) is 43.5. The number of halogens is 1. The van der Waals surface area contributed by atoms with Crippen LogP contribution >= 0.6 is 0 Å². The number of carboxylic acids is 1. The van der Waals surface area contributed by atoms with Crippen molar-refractivity contribution >= 4 is 100 Å². The molecule has 3 heterocycles. The van der Waals surface area contributed by atoms with E-state index in [1.54, 1.807) is 47.4 Å². The minimum atomic E-state index is -2.43. The minimum Gasteiger partial charge on any atom is -0.494 e. The van der Waals surface area contributed by atoms with Crippen molar-refractivity contribution in [2.45, 2.75) is 205 Å². The number of nitrogens with two attached hydrogens (primary N) is 2. The Morgan fingerprint density at radius 3 is 1.77 bits per heavy atom. The molecule has 0 bridgehead atoms. The van der Waals surface area contributed by atoms with Gasteiger partial charge in [-0.3, -0.25) is 86.2 Å². The number of aryl methyl sites for hydroxylation is 5. The summed E-state index contributed by atoms with van der Waals surface area (Å²) in [6.45, 7) is 7.53. The number of carboxylic acid groups (broad SMARTS) is 1. The fraction of sp³-hybridized carbons (Fsp3) is 0.472. The molecule has 7 aromatic rings. The second kappa shape index (κ2) is 54.5. The number of primary amides is 1. The van der Waals surface area contributed by atoms with Crippen molar-refractivity contribution in [3.63, 3.8) is 0 Å². The predicted octanol–water partition coefficient (Wildman–Crippen LogP) is -6.71. The van der Waals surface area contributed by atoms with E-state index in [2.05, 4.69) is 121 Å². The maximum absolute atomic E-state index is 15.6. The van der Waals surface area contributed by atoms with Gasteiger partial charge in [0.1, 0.15) is 76.5 Å². The van der Waals surface area contributed by atoms with Crippen LogP contribution in [0.4, 0.5) is 4.39 Å². The first-order chi connectivity index (χ1) is 66.0. The molecule has 0 aliphatic rings. The second-order valence-corrected chi connectivity index (χ2v) is 33.6. The number of aromatic nitrogens is 9. The number of unbranched alkanes of at least 4 members (excludes halogenated alkanes) is 1. The van der Waals surface area contributed by atoms with Crippen molar-refractivity contribution in [3.05, 3.63) is 160 Å². The molecular formula is C89H121FN26O23. The van der Waals surface area contributed by atoms with Crippen LogP contribution in [0.15, 0.2) is 104 Å². The number of hydrogen-bond acceptors (Lipinski definition) is 29. The Morgan fingerprint density at radius 2 is 1.17 bits per heavy atom. The lowest BCUT2D eigenvalue weighted by Gasteiger charge is -2.34. The van der Waals surface area contributed by atoms with Crippen LogP contribution in [0.2, 0.25) is 0 Å². The number of rotatable bonds is 58. The minimum absolute atomic E-state index is 0.00982. The number of aliphatic carboxylic acids is 1. The van der Waals surface area contributed by atoms with Gasteiger partial charge in [0.05, 0.1) is 90.2 Å². The van der Waals surface area contributed by atoms with Crippen LogP contribution in [-0.2, 0) is 133 Å². The first-order valence-electron chi connectivity index (χ1n) is 44.4. The molecule has 0 radical (unpaired) electrons. The number of carbonyl (C=O) groups is 17. The summed E-state index contributed by atoms with van der Waals surface area (Å²) in [5.74, 6) is -18.0. The van der Waals surface area contributed by atoms with Gasteiger partial charge in [0.2, 0.25) is 94.5 Å². The smallest absolute Gasteiger partial charge is 0.305 e. The first-order valence-corrected chi connectivity index (χ1v) is 44.4. The maximum Gasteiger partial charge on any atom is 0.305 e. The SMILES string of the molecule is CCc1cc(OCCCCn2cc(CNC(=O)CNC(=O)CNC(=O)CNC(=O)CNC(=O)[C@@H](N)CO)nn2)ccc1-c1ccc(C[C@H](NC(=O)[C@H](CC(=O)O)NC(=O)[C@H](CO)NC(=O)[C@@H](NC(=O)[C@](C)(Cc2ccccc2F)NC(=O)[C@@H](NC(=O)CNC(=O)[C@H](Cc2nnn[nH]2)NC(=O)C(C)(C)C(=O)NCCc2cnc[nH]2)[C@@H](C)O)[C@@H](C)O)C(=O)N[C@@H](CCCc2cc(C)cc(C)c2)C(N)=O)cc1. The quantitative estimate of drug-likeness (QED) is 0.0124. The lowest BCUT2D eigenvalue weighted by atomic mass is 9.90. The summed E-state index contributed by atoms with van der Waals surface area (Å²) in [6.07, 6.45) is 1.20. The molecule has 0 fully saturated rings. The number of aliphatic hydroxyl groups is 4. The number of amides is 16. The number of nitrogens with one attached hydrogen (secondary N) is 17. The molecule has 0 unspecified atom stereocenters. The van der Waals surface area contributed by atoms with Crippen molar-refractivity contribution in [3.8, 4) is 16.9 Å². The standard InChI is InChI=1S/C89H121FN26O23/c1-9-54-33-59(139-28-13-12-27-116-44-58(110-115-116)38-95-69(121)39-96-70(122)40-97-71(123)41-98-72(124)42-99-78(129)62(91)45-117)23-24-60(54)55-21-19-52(20-22-55)32-64(80(131)102-63(77(92)128)18-14-15-53-30-48(2)29-49(3)31-53)103-81(132)66(35-74(126)127)104-82(133)67(46-118)105-83(134)75(50(4)119)108-87(138)89(8,36-56-16-10-11-17-61(56)90)109-84(135)76(51(5)120)107-73(125)43-100-79(130)65(34-68-111-113-114-112-68)106-86(137)88(6,7)85(136)94-26-25-57-37-93-47-101-57/h10-11,16-17,19-24,29-31,33,37,44,47,50-51,62-67,75-76,117-120H,9,12-15,18,25-28,32,34-36,38-43,45-46,91H2,1-8H3,(H2,92,128)(H,93,101)(H,94,136)(H,95,121)(H,96,122)(H,97,123)(H,98,124)(H,99,129)(H,100,130)(H,102,131)(H,103,132)(H,104,133)(H,105,134)(H,106,137)(H,107,125)(H,108,138)(H,109,135)(H,126,127)(H,111,112,113,114)/t50-,51-,62+,63+,64+,65+,66+,67+,75+,76+,89+/m1/s1. The van der Waals surface area contributed by atoms with E-state index in [0.717, 1.165) is 60.2 Å². The molecule has 16 amide bonds. The van der Waals surface area contributed by atoms with Crippen LogP contribution < -0.4 is 96.0 Å². The topological polar surface area (TPSA) is 747 Å². The molecule has 50 heteroatoms. The molecular weight excluding hydrogens is 1820 g/mol. The highest BCUT2D eigenvalue weighted by Crippen LogP contribution is 2.30. The zero-order valence-corrected chi connectivity index (χ0v) is 77.9. The highest BCUT2D eigenvalue weighted by Gasteiger charge is 2.44. The maximum atomic E-state index is 15.6. The van der Waals surface area contributed by atoms with Crippen LogP contribution in [0, 0.1) is 25.1 Å². The Hall–Kier alpha value is -15.2. The summed E-state index contributed by atoms with van der Waals surface area (Å²) in [5, 5.41) is 109. The molecule has 26 N–H and O–H groups in total. The van der Waals surface area contributed by atoms with E-state index in [4.69, 9.17) is 21.3 Å². The first kappa shape index (κ1) is 111. The summed E-state index contributed by atoms with van der Waals surface area (Å²) >= 11 is 0. The van der Waals surface area contributed by atoms with E-state index in [1.807, 2.05) is 51.1 Å². The average molecular weight is 1940 g/mol. The van der Waals surface area contributed by atoms with Gasteiger partial charge >= 0.3 is 5.97 Å². The van der Waals surface area contributed by atoms with Gasteiger partial charge in [0.15, 0.2) is 5.82 Å². The summed E-state index contributed by atoms with van der Waals surface area (Å²) in [6, 6.07) is 9.11. The number of imidazole rings is 1. The third kappa shape index (κ3) is 36.4. The number of H-pyrrole nitrogens is 2. The highest BCUT2D eigenvalue weighted by atomic mass is 19.1. The van der Waals surface area contributed by atoms with E-state index in [1.165, 1.54) is 38.4 Å². The fourth-order valence-corrected chi connectivity index (χ4v) is 13.9. The molecule has 0 saturated carbocycles. The molecule has 7 rings (SSSR count). The number of aromatic amines is 2. The zero-order valence-electron chi connectivity index (χ0n) is 77.9. The zero-order chi connectivity index (χ0) is 102. The number of ether oxygens (including phenoxy) is 1. The predicted molar refractivity (Wildman–Crippen MR) is 490 cm³/mol. The van der Waals surface area contributed by atoms with Gasteiger partial charge in [-0.1, -0.05) is 90.0 Å². The van der Waals surface area contributed by atoms with Gasteiger partial charge in [-0.05, 0) is 149 Å². The van der Waals surface area contributed by atoms with Gasteiger partial charge in [-0.25, -0.2) is 14.5 Å². The Bertz CT molecular complexity index is 5390. The van der Waals surface area contributed by atoms with Crippen LogP contribution in [0.3, 0.4) is 0 Å². The normalized spacial score (nSPS) is 13.8. The second-order valence-electron chi connectivity index (χ2n) is 33.6. The number of hydrogen-bond donors (Lipinski definition) is 24. The molecule has 11 atom stereocenters. The largest absolute Gasteiger partial charge is 0.494 e. The summed E-state index contributed by atoms with van der Waals surface area (Å²) in [4.78, 5) is 234. The average Bonchev–Trinajstić information content (AvgIpc) is 1.11. The molecule has 0 aliphatic carbocycles. The lowest BCUT2D eigenvalue weighted by molar-refractivity contribution is -0.143. The Balaban J connectivity index is 0.975. The molecule has 3 aromatic heterocycles. The molecule has 49 nitrogen and oxygen atoms in total. The van der Waals surface area contributed by atoms with Gasteiger partial charge in [0.25, 0.3) is 0 Å². The number of tetrazole rings is 1. The fourth-order valence-electron chi connectivity index (χ4n) is 13.9. The molecule has 139 heavy (non-hydrogen) atoms. The summed E-state index contributed by atoms with van der Waals surface area (Å²) in [7, 11) is 0. The molecule has 0 saturated heterocycles. The number of aliphatic hydroxyl groups excluding tert-OH is 4.